The maximum Gasteiger partial charge on any atom is 0.144 e. The molecule has 2 aromatic heterocycles. The van der Waals surface area contributed by atoms with Crippen LogP contribution in [0.5, 0.6) is 0 Å². The minimum absolute atomic E-state index is 0.213. The second kappa shape index (κ2) is 14.6. The SMILES string of the molecule is Cc1ccc(N(c2ccc3c(c2)C(C)(C)c2cc(-c4ccc(-c5ccccc5)cc4)c4oc5ccccc5c4c2-3)c2ccc3c(c2)C(C)(C)c2c4c(c5c(oc6ccccc65)c2-3)-c2ccccc2C4(C)C)cc1. The predicted molar refractivity (Wildman–Crippen MR) is 304 cm³/mol. The summed E-state index contributed by atoms with van der Waals surface area (Å²) in [6, 6.07) is 71.6. The fourth-order valence-electron chi connectivity index (χ4n) is 13.7. The van der Waals surface area contributed by atoms with Gasteiger partial charge in [-0.05, 0) is 139 Å². The highest BCUT2D eigenvalue weighted by Crippen LogP contribution is 2.64. The van der Waals surface area contributed by atoms with Gasteiger partial charge in [-0.2, -0.15) is 0 Å². The summed E-state index contributed by atoms with van der Waals surface area (Å²) in [4.78, 5) is 2.47. The van der Waals surface area contributed by atoms with E-state index in [-0.39, 0.29) is 16.2 Å². The topological polar surface area (TPSA) is 29.5 Å². The van der Waals surface area contributed by atoms with E-state index in [2.05, 4.69) is 247 Å². The van der Waals surface area contributed by atoms with E-state index < -0.39 is 0 Å². The molecule has 3 nitrogen and oxygen atoms in total. The van der Waals surface area contributed by atoms with Crippen molar-refractivity contribution in [2.45, 2.75) is 64.7 Å². The Kier molecular flexibility index (Phi) is 8.47. The average molecular weight is 940 g/mol. The van der Waals surface area contributed by atoms with Crippen LogP contribution in [0.2, 0.25) is 0 Å². The maximum atomic E-state index is 7.05. The number of nitrogens with zero attached hydrogens (tertiary/aromatic N) is 1. The monoisotopic (exact) mass is 939 g/mol. The number of rotatable bonds is 5. The molecule has 0 unspecified atom stereocenters. The van der Waals surface area contributed by atoms with Crippen molar-refractivity contribution in [3.63, 3.8) is 0 Å². The number of hydrogen-bond donors (Lipinski definition) is 0. The van der Waals surface area contributed by atoms with Crippen molar-refractivity contribution in [3.8, 4) is 55.6 Å². The van der Waals surface area contributed by atoms with Gasteiger partial charge in [-0.1, -0.05) is 187 Å². The summed E-state index contributed by atoms with van der Waals surface area (Å²) in [6.07, 6.45) is 0. The summed E-state index contributed by atoms with van der Waals surface area (Å²) in [5, 5.41) is 4.73. The molecule has 0 atom stereocenters. The Morgan fingerprint density at radius 3 is 1.52 bits per heavy atom. The van der Waals surface area contributed by atoms with E-state index in [0.717, 1.165) is 55.9 Å². The molecule has 0 aliphatic heterocycles. The lowest BCUT2D eigenvalue weighted by atomic mass is 9.72. The van der Waals surface area contributed by atoms with Crippen LogP contribution in [0.15, 0.2) is 203 Å². The lowest BCUT2D eigenvalue weighted by Gasteiger charge is -2.32. The molecular weight excluding hydrogens is 887 g/mol. The molecule has 15 rings (SSSR count). The number of furan rings is 2. The van der Waals surface area contributed by atoms with Crippen LogP contribution in [-0.2, 0) is 16.2 Å². The predicted octanol–water partition coefficient (Wildman–Crippen LogP) is 19.5. The molecule has 10 aromatic carbocycles. The number of anilines is 3. The van der Waals surface area contributed by atoms with E-state index in [1.807, 2.05) is 0 Å². The molecule has 0 saturated heterocycles. The molecule has 0 N–H and O–H groups in total. The highest BCUT2D eigenvalue weighted by molar-refractivity contribution is 6.21. The zero-order valence-corrected chi connectivity index (χ0v) is 42.2. The number of aryl methyl sites for hydroxylation is 1. The molecule has 3 heteroatoms. The smallest absolute Gasteiger partial charge is 0.144 e. The van der Waals surface area contributed by atoms with Crippen LogP contribution in [0.25, 0.3) is 99.5 Å². The molecule has 0 spiro atoms. The fourth-order valence-corrected chi connectivity index (χ4v) is 13.7. The van der Waals surface area contributed by atoms with Gasteiger partial charge in [-0.15, -0.1) is 0 Å². The van der Waals surface area contributed by atoms with Gasteiger partial charge < -0.3 is 13.7 Å². The summed E-state index contributed by atoms with van der Waals surface area (Å²) < 4.78 is 14.0. The number of hydrogen-bond acceptors (Lipinski definition) is 3. The van der Waals surface area contributed by atoms with Crippen LogP contribution in [0.3, 0.4) is 0 Å². The van der Waals surface area contributed by atoms with E-state index in [0.29, 0.717) is 0 Å². The molecule has 350 valence electrons. The number of benzene rings is 10. The molecular formula is C70H53NO2. The standard InChI is InChI=1S/C70H53NO2/c1-40-25-31-44(32-26-40)71(46-34-36-49-55(38-46)70(6,7)65-63(49)67-62(51-21-13-16-24-58(51)73-67)60-47-19-11-14-22-53(47)69(4,5)64(60)65)45-33-35-48-54(37-45)68(2,3)56-39-52(43-29-27-42(28-30-43)41-17-9-8-10-18-41)66-61(59(48)56)50-20-12-15-23-57(50)72-66/h8-39H,1-7H3. The Morgan fingerprint density at radius 2 is 0.836 bits per heavy atom. The van der Waals surface area contributed by atoms with E-state index in [4.69, 9.17) is 8.83 Å². The lowest BCUT2D eigenvalue weighted by molar-refractivity contribution is 0.600. The van der Waals surface area contributed by atoms with Crippen LogP contribution >= 0.6 is 0 Å². The summed E-state index contributed by atoms with van der Waals surface area (Å²) in [7, 11) is 0. The van der Waals surface area contributed by atoms with E-state index in [1.165, 1.54) is 99.6 Å². The van der Waals surface area contributed by atoms with Crippen LogP contribution in [0, 0.1) is 6.92 Å². The molecule has 3 aliphatic carbocycles. The highest BCUT2D eigenvalue weighted by Gasteiger charge is 2.49. The van der Waals surface area contributed by atoms with Crippen molar-refractivity contribution >= 4 is 60.9 Å². The molecule has 0 saturated carbocycles. The van der Waals surface area contributed by atoms with Crippen molar-refractivity contribution in [1.29, 1.82) is 0 Å². The minimum Gasteiger partial charge on any atom is -0.455 e. The quantitative estimate of drug-likeness (QED) is 0.172. The summed E-state index contributed by atoms with van der Waals surface area (Å²) in [5.41, 5.74) is 27.9. The van der Waals surface area contributed by atoms with Gasteiger partial charge in [-0.3, -0.25) is 0 Å². The molecule has 12 aromatic rings. The second-order valence-electron chi connectivity index (χ2n) is 22.4. The third-order valence-electron chi connectivity index (χ3n) is 17.3. The first-order chi connectivity index (χ1) is 35.4. The van der Waals surface area contributed by atoms with Crippen molar-refractivity contribution in [2.24, 2.45) is 0 Å². The number of fused-ring (bicyclic) bond motifs is 19. The Hall–Kier alpha value is -8.40. The average Bonchev–Trinajstić information content (AvgIpc) is 4.18. The van der Waals surface area contributed by atoms with Gasteiger partial charge in [0.2, 0.25) is 0 Å². The van der Waals surface area contributed by atoms with E-state index in [9.17, 15) is 0 Å². The van der Waals surface area contributed by atoms with Gasteiger partial charge in [-0.25, -0.2) is 0 Å². The van der Waals surface area contributed by atoms with Crippen molar-refractivity contribution in [2.75, 3.05) is 4.90 Å². The van der Waals surface area contributed by atoms with Crippen molar-refractivity contribution in [3.05, 3.63) is 233 Å². The lowest BCUT2D eigenvalue weighted by Crippen LogP contribution is -2.24. The molecule has 2 heterocycles. The molecule has 0 bridgehead atoms. The van der Waals surface area contributed by atoms with Gasteiger partial charge in [0.25, 0.3) is 0 Å². The van der Waals surface area contributed by atoms with Gasteiger partial charge in [0.05, 0.1) is 0 Å². The Labute approximate surface area is 426 Å². The van der Waals surface area contributed by atoms with Gasteiger partial charge in [0.15, 0.2) is 0 Å². The molecule has 0 amide bonds. The van der Waals surface area contributed by atoms with Crippen molar-refractivity contribution < 1.29 is 8.83 Å². The van der Waals surface area contributed by atoms with Gasteiger partial charge in [0, 0.05) is 66.0 Å². The first-order valence-corrected chi connectivity index (χ1v) is 25.8. The highest BCUT2D eigenvalue weighted by atomic mass is 16.3. The minimum atomic E-state index is -0.337. The first-order valence-electron chi connectivity index (χ1n) is 25.8. The van der Waals surface area contributed by atoms with E-state index in [1.54, 1.807) is 0 Å². The zero-order chi connectivity index (χ0) is 49.3. The molecule has 73 heavy (non-hydrogen) atoms. The van der Waals surface area contributed by atoms with Crippen LogP contribution in [-0.4, -0.2) is 0 Å². The summed E-state index contributed by atoms with van der Waals surface area (Å²) in [5.74, 6) is 0. The Balaban J connectivity index is 0.914. The van der Waals surface area contributed by atoms with Crippen LogP contribution in [0.4, 0.5) is 17.1 Å². The summed E-state index contributed by atoms with van der Waals surface area (Å²) in [6.45, 7) is 16.7. The van der Waals surface area contributed by atoms with Crippen LogP contribution < -0.4 is 4.90 Å². The molecule has 0 fully saturated rings. The van der Waals surface area contributed by atoms with Crippen molar-refractivity contribution in [1.82, 2.24) is 0 Å². The number of para-hydroxylation sites is 2. The largest absolute Gasteiger partial charge is 0.455 e. The normalized spacial score (nSPS) is 15.1. The van der Waals surface area contributed by atoms with Gasteiger partial charge in [0.1, 0.15) is 22.3 Å². The van der Waals surface area contributed by atoms with Crippen LogP contribution in [0.1, 0.15) is 80.5 Å². The molecule has 3 aliphatic rings. The summed E-state index contributed by atoms with van der Waals surface area (Å²) >= 11 is 0. The third-order valence-corrected chi connectivity index (χ3v) is 17.3. The maximum absolute atomic E-state index is 7.05. The van der Waals surface area contributed by atoms with E-state index >= 15 is 0 Å². The molecule has 0 radical (unpaired) electrons. The first kappa shape index (κ1) is 42.3. The zero-order valence-electron chi connectivity index (χ0n) is 42.2. The van der Waals surface area contributed by atoms with Gasteiger partial charge >= 0.3 is 0 Å². The Morgan fingerprint density at radius 1 is 0.342 bits per heavy atom. The third kappa shape index (κ3) is 5.65. The second-order valence-corrected chi connectivity index (χ2v) is 22.4. The Bertz CT molecular complexity index is 4330. The fraction of sp³-hybridized carbons (Fsp3) is 0.143.